The summed E-state index contributed by atoms with van der Waals surface area (Å²) >= 11 is 5.86. The van der Waals surface area contributed by atoms with Gasteiger partial charge >= 0.3 is 0 Å². The van der Waals surface area contributed by atoms with Gasteiger partial charge < -0.3 is 5.32 Å². The molecule has 1 aromatic rings. The molecule has 1 amide bonds. The van der Waals surface area contributed by atoms with Gasteiger partial charge in [-0.25, -0.2) is 0 Å². The first-order valence-corrected chi connectivity index (χ1v) is 5.43. The van der Waals surface area contributed by atoms with Crippen LogP contribution in [-0.2, 0) is 16.0 Å². The molecule has 1 atom stereocenters. The maximum absolute atomic E-state index is 11.0. The summed E-state index contributed by atoms with van der Waals surface area (Å²) < 4.78 is 0. The van der Waals surface area contributed by atoms with Gasteiger partial charge in [-0.3, -0.25) is 9.59 Å². The average molecular weight is 240 g/mol. The maximum atomic E-state index is 11.0. The second-order valence-corrected chi connectivity index (χ2v) is 4.19. The lowest BCUT2D eigenvalue weighted by Crippen LogP contribution is -2.13. The van der Waals surface area contributed by atoms with E-state index in [9.17, 15) is 9.59 Å². The molecular formula is C12H14ClNO2. The van der Waals surface area contributed by atoms with Crippen molar-refractivity contribution in [2.45, 2.75) is 25.6 Å². The van der Waals surface area contributed by atoms with Crippen LogP contribution in [0.5, 0.6) is 0 Å². The average Bonchev–Trinajstić information content (AvgIpc) is 2.20. The summed E-state index contributed by atoms with van der Waals surface area (Å²) in [6, 6.07) is 7.29. The van der Waals surface area contributed by atoms with Gasteiger partial charge in [0, 0.05) is 12.6 Å². The Morgan fingerprint density at radius 2 is 1.81 bits per heavy atom. The number of anilines is 1. The van der Waals surface area contributed by atoms with Gasteiger partial charge in [-0.2, -0.15) is 0 Å². The number of rotatable bonds is 4. The van der Waals surface area contributed by atoms with Crippen molar-refractivity contribution in [1.29, 1.82) is 0 Å². The monoisotopic (exact) mass is 239 g/mol. The number of carbonyl (C=O) groups is 2. The van der Waals surface area contributed by atoms with E-state index in [2.05, 4.69) is 5.32 Å². The van der Waals surface area contributed by atoms with Gasteiger partial charge in [0.2, 0.25) is 5.91 Å². The van der Waals surface area contributed by atoms with Crippen molar-refractivity contribution >= 4 is 29.0 Å². The number of hydrogen-bond donors (Lipinski definition) is 1. The number of halogens is 1. The van der Waals surface area contributed by atoms with E-state index in [0.29, 0.717) is 6.42 Å². The Labute approximate surface area is 99.8 Å². The highest BCUT2D eigenvalue weighted by Crippen LogP contribution is 2.13. The Kier molecular flexibility index (Phi) is 4.50. The molecule has 0 heterocycles. The largest absolute Gasteiger partial charge is 0.326 e. The molecule has 0 saturated carbocycles. The zero-order valence-corrected chi connectivity index (χ0v) is 10.0. The van der Waals surface area contributed by atoms with Crippen molar-refractivity contribution in [2.75, 3.05) is 5.32 Å². The van der Waals surface area contributed by atoms with Crippen LogP contribution in [-0.4, -0.2) is 17.1 Å². The van der Waals surface area contributed by atoms with Gasteiger partial charge in [-0.05, 0) is 31.0 Å². The Balaban J connectivity index is 2.64. The third-order valence-corrected chi connectivity index (χ3v) is 2.59. The van der Waals surface area contributed by atoms with E-state index in [0.717, 1.165) is 11.3 Å². The molecule has 0 aromatic heterocycles. The molecule has 1 aromatic carbocycles. The fraction of sp³-hybridized carbons (Fsp3) is 0.333. The van der Waals surface area contributed by atoms with Gasteiger partial charge in [0.1, 0.15) is 5.78 Å². The third kappa shape index (κ3) is 4.03. The smallest absolute Gasteiger partial charge is 0.221 e. The molecule has 0 aliphatic carbocycles. The number of benzene rings is 1. The molecule has 0 radical (unpaired) electrons. The van der Waals surface area contributed by atoms with Gasteiger partial charge in [0.05, 0.1) is 5.38 Å². The van der Waals surface area contributed by atoms with Gasteiger partial charge in [-0.15, -0.1) is 11.6 Å². The van der Waals surface area contributed by atoms with Crippen LogP contribution in [0.25, 0.3) is 0 Å². The van der Waals surface area contributed by atoms with Crippen molar-refractivity contribution in [3.05, 3.63) is 29.8 Å². The fourth-order valence-corrected chi connectivity index (χ4v) is 1.46. The van der Waals surface area contributed by atoms with Crippen LogP contribution in [0.4, 0.5) is 5.69 Å². The molecule has 1 N–H and O–H groups in total. The lowest BCUT2D eigenvalue weighted by molar-refractivity contribution is -0.116. The first-order chi connectivity index (χ1) is 7.49. The van der Waals surface area contributed by atoms with E-state index in [-0.39, 0.29) is 11.7 Å². The highest BCUT2D eigenvalue weighted by Gasteiger charge is 2.10. The molecule has 1 unspecified atom stereocenters. The summed E-state index contributed by atoms with van der Waals surface area (Å²) in [5.74, 6) is -0.140. The van der Waals surface area contributed by atoms with E-state index in [1.54, 1.807) is 12.1 Å². The van der Waals surface area contributed by atoms with Crippen molar-refractivity contribution in [3.8, 4) is 0 Å². The van der Waals surface area contributed by atoms with E-state index < -0.39 is 5.38 Å². The summed E-state index contributed by atoms with van der Waals surface area (Å²) in [5, 5.41) is 2.19. The van der Waals surface area contributed by atoms with E-state index in [1.807, 2.05) is 12.1 Å². The first kappa shape index (κ1) is 12.7. The molecule has 0 aliphatic heterocycles. The molecule has 1 rings (SSSR count). The normalized spacial score (nSPS) is 11.9. The van der Waals surface area contributed by atoms with Crippen molar-refractivity contribution in [2.24, 2.45) is 0 Å². The van der Waals surface area contributed by atoms with Crippen LogP contribution in [0.1, 0.15) is 19.4 Å². The van der Waals surface area contributed by atoms with E-state index in [1.165, 1.54) is 13.8 Å². The second kappa shape index (κ2) is 5.66. The molecule has 0 spiro atoms. The standard InChI is InChI=1S/C12H14ClNO2/c1-8(15)12(13)7-10-3-5-11(6-4-10)14-9(2)16/h3-6,12H,7H2,1-2H3,(H,14,16). The number of carbonyl (C=O) groups excluding carboxylic acids is 2. The summed E-state index contributed by atoms with van der Waals surface area (Å²) in [6.45, 7) is 2.93. The predicted octanol–water partition coefficient (Wildman–Crippen LogP) is 2.38. The van der Waals surface area contributed by atoms with Crippen LogP contribution in [0.2, 0.25) is 0 Å². The minimum Gasteiger partial charge on any atom is -0.326 e. The number of nitrogens with one attached hydrogen (secondary N) is 1. The Bertz CT molecular complexity index is 387. The molecule has 0 fully saturated rings. The molecule has 4 heteroatoms. The summed E-state index contributed by atoms with van der Waals surface area (Å²) in [7, 11) is 0. The quantitative estimate of drug-likeness (QED) is 0.820. The number of alkyl halides is 1. The number of Topliss-reactive ketones (excluding diaryl/α,β-unsaturated/α-hetero) is 1. The zero-order chi connectivity index (χ0) is 12.1. The van der Waals surface area contributed by atoms with E-state index >= 15 is 0 Å². The minimum atomic E-state index is -0.480. The zero-order valence-electron chi connectivity index (χ0n) is 9.29. The topological polar surface area (TPSA) is 46.2 Å². The van der Waals surface area contributed by atoms with Gasteiger partial charge in [0.25, 0.3) is 0 Å². The van der Waals surface area contributed by atoms with Crippen molar-refractivity contribution in [3.63, 3.8) is 0 Å². The fourth-order valence-electron chi connectivity index (χ4n) is 1.28. The molecule has 16 heavy (non-hydrogen) atoms. The van der Waals surface area contributed by atoms with Crippen LogP contribution >= 0.6 is 11.6 Å². The minimum absolute atomic E-state index is 0.0346. The highest BCUT2D eigenvalue weighted by molar-refractivity contribution is 6.30. The van der Waals surface area contributed by atoms with Gasteiger partial charge in [-0.1, -0.05) is 12.1 Å². The summed E-state index contributed by atoms with van der Waals surface area (Å²) in [6.07, 6.45) is 0.511. The molecule has 0 bridgehead atoms. The SMILES string of the molecule is CC(=O)Nc1ccc(CC(Cl)C(C)=O)cc1. The maximum Gasteiger partial charge on any atom is 0.221 e. The Morgan fingerprint density at radius 1 is 1.25 bits per heavy atom. The number of ketones is 1. The summed E-state index contributed by atoms with van der Waals surface area (Å²) in [4.78, 5) is 21.8. The molecule has 86 valence electrons. The third-order valence-electron chi connectivity index (χ3n) is 2.13. The van der Waals surface area contributed by atoms with Crippen molar-refractivity contribution < 1.29 is 9.59 Å². The van der Waals surface area contributed by atoms with Gasteiger partial charge in [0.15, 0.2) is 0 Å². The number of amides is 1. The number of hydrogen-bond acceptors (Lipinski definition) is 2. The molecule has 0 saturated heterocycles. The van der Waals surface area contributed by atoms with E-state index in [4.69, 9.17) is 11.6 Å². The molecule has 3 nitrogen and oxygen atoms in total. The lowest BCUT2D eigenvalue weighted by atomic mass is 10.1. The highest BCUT2D eigenvalue weighted by atomic mass is 35.5. The van der Waals surface area contributed by atoms with Crippen LogP contribution in [0, 0.1) is 0 Å². The Hall–Kier alpha value is -1.35. The lowest BCUT2D eigenvalue weighted by Gasteiger charge is -2.07. The van der Waals surface area contributed by atoms with Crippen molar-refractivity contribution in [1.82, 2.24) is 0 Å². The van der Waals surface area contributed by atoms with Crippen LogP contribution in [0.3, 0.4) is 0 Å². The van der Waals surface area contributed by atoms with Crippen LogP contribution in [0.15, 0.2) is 24.3 Å². The first-order valence-electron chi connectivity index (χ1n) is 5.00. The molecule has 0 aliphatic rings. The molecular weight excluding hydrogens is 226 g/mol. The Morgan fingerprint density at radius 3 is 2.25 bits per heavy atom. The second-order valence-electron chi connectivity index (χ2n) is 3.66. The van der Waals surface area contributed by atoms with Crippen LogP contribution < -0.4 is 5.32 Å². The predicted molar refractivity (Wildman–Crippen MR) is 64.8 cm³/mol. The summed E-state index contributed by atoms with van der Waals surface area (Å²) in [5.41, 5.74) is 1.72.